The minimum atomic E-state index is -5.70. The number of nitrogens with zero attached hydrogens (tertiary/aromatic N) is 1. The van der Waals surface area contributed by atoms with Gasteiger partial charge in [0, 0.05) is 52.3 Å². The molecule has 3 aromatic rings. The van der Waals surface area contributed by atoms with Gasteiger partial charge in [0.15, 0.2) is 24.4 Å². The first-order valence-corrected chi connectivity index (χ1v) is 17.5. The average Bonchev–Trinajstić information content (AvgIpc) is 3.01. The predicted octanol–water partition coefficient (Wildman–Crippen LogP) is 1.59. The average molecular weight is 716 g/mol. The van der Waals surface area contributed by atoms with E-state index in [1.165, 1.54) is 77.6 Å². The number of fused-ring (bicyclic) bond motifs is 2. The van der Waals surface area contributed by atoms with Gasteiger partial charge in [-0.15, -0.1) is 0 Å². The van der Waals surface area contributed by atoms with Crippen LogP contribution in [0.3, 0.4) is 0 Å². The van der Waals surface area contributed by atoms with Gasteiger partial charge in [0.1, 0.15) is 23.2 Å². The first-order valence-electron chi connectivity index (χ1n) is 14.2. The molecule has 1 amide bonds. The Labute approximate surface area is 275 Å². The van der Waals surface area contributed by atoms with E-state index in [-0.39, 0.29) is 57.9 Å². The third kappa shape index (κ3) is 7.32. The summed E-state index contributed by atoms with van der Waals surface area (Å²) in [5.74, 6) is -2.08. The number of aromatic hydroxyl groups is 1. The lowest BCUT2D eigenvalue weighted by Crippen LogP contribution is -2.44. The van der Waals surface area contributed by atoms with Crippen LogP contribution in [0.15, 0.2) is 88.3 Å². The highest BCUT2D eigenvalue weighted by atomic mass is 31.2. The van der Waals surface area contributed by atoms with Gasteiger partial charge < -0.3 is 49.7 Å². The van der Waals surface area contributed by atoms with E-state index < -0.39 is 44.7 Å². The van der Waals surface area contributed by atoms with Crippen molar-refractivity contribution in [1.29, 1.82) is 0 Å². The first kappa shape index (κ1) is 35.5. The molecule has 0 spiro atoms. The molecule has 1 aromatic heterocycles. The number of carbonyl (C=O) groups excluding carboxylic acids is 1. The van der Waals surface area contributed by atoms with Crippen LogP contribution in [0.5, 0.6) is 5.75 Å². The number of rotatable bonds is 11. The van der Waals surface area contributed by atoms with Crippen LogP contribution in [0.2, 0.25) is 0 Å². The lowest BCUT2D eigenvalue weighted by atomic mass is 9.90. The number of phenols is 1. The number of carbonyl (C=O) groups is 2. The molecule has 1 aliphatic carbocycles. The van der Waals surface area contributed by atoms with Crippen molar-refractivity contribution >= 4 is 38.0 Å². The molecular weight excluding hydrogens is 686 g/mol. The van der Waals surface area contributed by atoms with Crippen molar-refractivity contribution in [3.63, 3.8) is 0 Å². The summed E-state index contributed by atoms with van der Waals surface area (Å²) in [5.41, 5.74) is 0.415. The molecule has 256 valence electrons. The van der Waals surface area contributed by atoms with Crippen molar-refractivity contribution in [1.82, 2.24) is 5.32 Å². The second-order valence-corrected chi connectivity index (χ2v) is 15.2. The van der Waals surface area contributed by atoms with Gasteiger partial charge >= 0.3 is 21.2 Å². The Bertz CT molecular complexity index is 2200. The normalized spacial score (nSPS) is 13.0. The summed E-state index contributed by atoms with van der Waals surface area (Å²) in [4.78, 5) is 75.2. The molecule has 16 nitrogen and oxygen atoms in total. The van der Waals surface area contributed by atoms with E-state index in [4.69, 9.17) is 4.42 Å². The quantitative estimate of drug-likeness (QED) is 0.0534. The zero-order valence-electron chi connectivity index (χ0n) is 25.1. The zero-order valence-corrected chi connectivity index (χ0v) is 26.9. The molecule has 0 saturated heterocycles. The molecule has 49 heavy (non-hydrogen) atoms. The monoisotopic (exact) mass is 715 g/mol. The Kier molecular flexibility index (Phi) is 9.63. The fraction of sp³-hybridized carbons (Fsp3) is 0.161. The van der Waals surface area contributed by atoms with Gasteiger partial charge in [-0.25, -0.2) is 9.36 Å². The fourth-order valence-electron chi connectivity index (χ4n) is 5.29. The maximum atomic E-state index is 13.0. The highest BCUT2D eigenvalue weighted by Crippen LogP contribution is 2.68. The van der Waals surface area contributed by atoms with Crippen molar-refractivity contribution in [2.45, 2.75) is 24.2 Å². The number of aliphatic hydroxyl groups excluding tert-OH is 1. The predicted molar refractivity (Wildman–Crippen MR) is 171 cm³/mol. The molecule has 9 N–H and O–H groups in total. The number of carboxylic acid groups (broad SMARTS) is 1. The highest BCUT2D eigenvalue weighted by Gasteiger charge is 2.59. The summed E-state index contributed by atoms with van der Waals surface area (Å²) in [5, 5.41) is 40.2. The number of nitrogens with one attached hydrogen (secondary N) is 1. The maximum absolute atomic E-state index is 13.0. The van der Waals surface area contributed by atoms with Gasteiger partial charge in [-0.3, -0.25) is 18.7 Å². The van der Waals surface area contributed by atoms with Gasteiger partial charge in [0.2, 0.25) is 0 Å². The lowest BCUT2D eigenvalue weighted by molar-refractivity contribution is -0.703. The van der Waals surface area contributed by atoms with Crippen LogP contribution in [0.4, 0.5) is 0 Å². The summed E-state index contributed by atoms with van der Waals surface area (Å²) in [7, 11) is -11.4. The highest BCUT2D eigenvalue weighted by molar-refractivity contribution is 7.72. The third-order valence-corrected chi connectivity index (χ3v) is 11.4. The molecule has 0 bridgehead atoms. The van der Waals surface area contributed by atoms with Crippen LogP contribution < -0.4 is 15.3 Å². The summed E-state index contributed by atoms with van der Waals surface area (Å²) >= 11 is 0. The Hall–Kier alpha value is -4.76. The molecule has 0 radical (unpaired) electrons. The Morgan fingerprint density at radius 1 is 0.939 bits per heavy atom. The summed E-state index contributed by atoms with van der Waals surface area (Å²) in [6.45, 7) is -0.552. The van der Waals surface area contributed by atoms with Crippen LogP contribution in [-0.4, -0.2) is 69.6 Å². The van der Waals surface area contributed by atoms with Gasteiger partial charge in [-0.1, -0.05) is 6.07 Å². The van der Waals surface area contributed by atoms with E-state index in [1.54, 1.807) is 0 Å². The van der Waals surface area contributed by atoms with E-state index in [0.717, 1.165) is 6.07 Å². The summed E-state index contributed by atoms with van der Waals surface area (Å²) in [6, 6.07) is 14.8. The van der Waals surface area contributed by atoms with Gasteiger partial charge in [0.25, 0.3) is 11.0 Å². The largest absolute Gasteiger partial charge is 0.508 e. The van der Waals surface area contributed by atoms with Crippen molar-refractivity contribution in [2.75, 3.05) is 6.54 Å². The van der Waals surface area contributed by atoms with Crippen LogP contribution in [0.25, 0.3) is 33.4 Å². The first-order chi connectivity index (χ1) is 22.9. The van der Waals surface area contributed by atoms with E-state index in [0.29, 0.717) is 16.5 Å². The van der Waals surface area contributed by atoms with Crippen molar-refractivity contribution < 1.29 is 67.7 Å². The Morgan fingerprint density at radius 2 is 1.63 bits per heavy atom. The molecule has 1 aliphatic heterocycles. The number of phenolic OH excluding ortho intramolecular Hbond substituents is 1. The van der Waals surface area contributed by atoms with Gasteiger partial charge in [-0.05, 0) is 48.0 Å². The van der Waals surface area contributed by atoms with Gasteiger partial charge in [0.05, 0.1) is 12.1 Å². The minimum absolute atomic E-state index is 0.0640. The number of hydrogen-bond acceptors (Lipinski definition) is 9. The smallest absolute Gasteiger partial charge is 0.369 e. The topological polar surface area (TPSA) is 276 Å². The molecule has 2 aliphatic rings. The molecule has 0 saturated carbocycles. The number of aromatic carboxylic acids is 1. The van der Waals surface area contributed by atoms with Crippen LogP contribution in [0.1, 0.15) is 26.3 Å². The van der Waals surface area contributed by atoms with Crippen molar-refractivity contribution in [3.8, 4) is 28.2 Å². The van der Waals surface area contributed by atoms with E-state index in [1.807, 2.05) is 0 Å². The lowest BCUT2D eigenvalue weighted by Gasteiger charge is -2.28. The minimum Gasteiger partial charge on any atom is -0.508 e. The summed E-state index contributed by atoms with van der Waals surface area (Å²) < 4.78 is 30.6. The molecule has 2 aromatic carbocycles. The number of benzene rings is 3. The fourth-order valence-corrected chi connectivity index (χ4v) is 7.43. The number of aliphatic hydroxyl groups is 2. The molecule has 5 rings (SSSR count). The molecule has 1 atom stereocenters. The zero-order chi connectivity index (χ0) is 35.9. The van der Waals surface area contributed by atoms with Crippen LogP contribution in [0, 0.1) is 0 Å². The second kappa shape index (κ2) is 13.3. The number of hydrogen-bond donors (Lipinski definition) is 9. The number of aromatic nitrogens is 1. The van der Waals surface area contributed by atoms with E-state index >= 15 is 0 Å². The standard InChI is InChI=1S/C31H28N2O14P2/c34-19-4-7-23-26(11-19)47-27-12-20(35)5-8-24(27)28(23)22-6-3-18(10-25(22)30(38)39)29(37)32-14-21(36)16-33-9-1-2-17(15-33)13-31(40,48(41,42)43)49(44,45)46/h1-12,15,21,36,40H,13-14,16H2,(H6-,32,34,35,37,38,39,41,42,43,44,45,46)/p+1. The van der Waals surface area contributed by atoms with Crippen molar-refractivity contribution in [3.05, 3.63) is 106 Å². The molecule has 0 fully saturated rings. The number of carboxylic acids is 1. The molecule has 18 heteroatoms. The van der Waals surface area contributed by atoms with Crippen LogP contribution >= 0.6 is 15.2 Å². The van der Waals surface area contributed by atoms with Crippen molar-refractivity contribution in [2.24, 2.45) is 0 Å². The molecule has 1 unspecified atom stereocenters. The second-order valence-electron chi connectivity index (χ2n) is 11.2. The Balaban J connectivity index is 1.36. The number of amides is 1. The van der Waals surface area contributed by atoms with E-state index in [9.17, 15) is 63.5 Å². The van der Waals surface area contributed by atoms with Gasteiger partial charge in [-0.2, -0.15) is 0 Å². The summed E-state index contributed by atoms with van der Waals surface area (Å²) in [6.07, 6.45) is 0.243. The van der Waals surface area contributed by atoms with E-state index in [2.05, 4.69) is 5.32 Å². The third-order valence-electron chi connectivity index (χ3n) is 7.67. The number of pyridine rings is 1. The van der Waals surface area contributed by atoms with Crippen LogP contribution in [-0.2, 0) is 22.1 Å². The SMILES string of the molecule is O=C(NCC(O)C[n+]1cccc(CC(O)(P(=O)(O)O)P(=O)(O)O)c1)c1ccc(-c2c3ccc(=O)cc-3oc3cc(O)ccc23)c(C(=O)O)c1. The molecule has 2 heterocycles. The maximum Gasteiger partial charge on any atom is 0.369 e. The molecular formula is C31H29N2O14P2+. The Morgan fingerprint density at radius 3 is 2.31 bits per heavy atom.